The molecule has 4 rings (SSSR count). The first-order chi connectivity index (χ1) is 12.3. The van der Waals surface area contributed by atoms with Gasteiger partial charge in [-0.05, 0) is 55.3 Å². The van der Waals surface area contributed by atoms with Crippen LogP contribution in [-0.2, 0) is 6.54 Å². The van der Waals surface area contributed by atoms with E-state index in [1.807, 2.05) is 18.3 Å². The summed E-state index contributed by atoms with van der Waals surface area (Å²) >= 11 is 0. The number of fused-ring (bicyclic) bond motifs is 1. The molecule has 2 N–H and O–H groups in total. The second-order valence-corrected chi connectivity index (χ2v) is 6.73. The molecule has 0 radical (unpaired) electrons. The molecule has 1 aliphatic rings. The number of nitrogens with one attached hydrogen (secondary N) is 2. The Morgan fingerprint density at radius 2 is 2.12 bits per heavy atom. The number of rotatable bonds is 4. The van der Waals surface area contributed by atoms with Crippen molar-refractivity contribution in [2.45, 2.75) is 25.4 Å². The summed E-state index contributed by atoms with van der Waals surface area (Å²) in [6.45, 7) is 3.18. The maximum absolute atomic E-state index is 5.43. The Morgan fingerprint density at radius 3 is 2.96 bits per heavy atom. The topological polar surface area (TPSA) is 44.0 Å². The van der Waals surface area contributed by atoms with E-state index in [9.17, 15) is 0 Å². The maximum atomic E-state index is 5.43. The van der Waals surface area contributed by atoms with E-state index in [1.54, 1.807) is 0 Å². The van der Waals surface area contributed by atoms with Gasteiger partial charge in [0.05, 0.1) is 11.7 Å². The molecule has 25 heavy (non-hydrogen) atoms. The first kappa shape index (κ1) is 15.7. The van der Waals surface area contributed by atoms with Crippen molar-refractivity contribution < 1.29 is 0 Å². The Morgan fingerprint density at radius 1 is 1.24 bits per heavy atom. The van der Waals surface area contributed by atoms with E-state index in [2.05, 4.69) is 56.7 Å². The number of aromatic nitrogens is 2. The predicted molar refractivity (Wildman–Crippen MR) is 102 cm³/mol. The third-order valence-electron chi connectivity index (χ3n) is 4.84. The zero-order valence-corrected chi connectivity index (χ0v) is 14.2. The van der Waals surface area contributed by atoms with E-state index in [0.29, 0.717) is 6.04 Å². The minimum absolute atomic E-state index is 0.475. The molecule has 4 nitrogen and oxygen atoms in total. The summed E-state index contributed by atoms with van der Waals surface area (Å²) in [4.78, 5) is 2.52. The number of hydrogen-bond acceptors (Lipinski definition) is 3. The van der Waals surface area contributed by atoms with Crippen molar-refractivity contribution in [1.29, 1.82) is 0 Å². The van der Waals surface area contributed by atoms with Crippen molar-refractivity contribution in [1.82, 2.24) is 15.1 Å². The SMILES string of the molecule is C#Cc1ccc(CN2CCC[C@H](Nc3ccc4[nH]ncc4c3)C2)cc1. The number of H-pyrrole nitrogens is 1. The average Bonchev–Trinajstić information content (AvgIpc) is 3.10. The van der Waals surface area contributed by atoms with Crippen LogP contribution >= 0.6 is 0 Å². The van der Waals surface area contributed by atoms with Gasteiger partial charge in [0.25, 0.3) is 0 Å². The van der Waals surface area contributed by atoms with Gasteiger partial charge in [0.1, 0.15) is 0 Å². The van der Waals surface area contributed by atoms with E-state index in [4.69, 9.17) is 6.42 Å². The van der Waals surface area contributed by atoms with Crippen LogP contribution in [0.1, 0.15) is 24.0 Å². The van der Waals surface area contributed by atoms with Gasteiger partial charge in [0.15, 0.2) is 0 Å². The standard InChI is InChI=1S/C21H22N4/c1-2-16-5-7-17(8-6-16)14-25-11-3-4-20(15-25)23-19-9-10-21-18(12-19)13-22-24-21/h1,5-10,12-13,20,23H,3-4,11,14-15H2,(H,22,24)/t20-/m0/s1. The van der Waals surface area contributed by atoms with Gasteiger partial charge in [0.2, 0.25) is 0 Å². The summed E-state index contributed by atoms with van der Waals surface area (Å²) in [5.74, 6) is 2.67. The molecule has 1 saturated heterocycles. The highest BCUT2D eigenvalue weighted by Crippen LogP contribution is 2.21. The number of benzene rings is 2. The van der Waals surface area contributed by atoms with E-state index in [0.717, 1.165) is 36.1 Å². The summed E-state index contributed by atoms with van der Waals surface area (Å²) < 4.78 is 0. The summed E-state index contributed by atoms with van der Waals surface area (Å²) in [6.07, 6.45) is 9.72. The highest BCUT2D eigenvalue weighted by Gasteiger charge is 2.20. The number of piperidine rings is 1. The van der Waals surface area contributed by atoms with Crippen molar-refractivity contribution in [3.05, 3.63) is 59.8 Å². The fraction of sp³-hybridized carbons (Fsp3) is 0.286. The Labute approximate surface area is 148 Å². The number of nitrogens with zero attached hydrogens (tertiary/aromatic N) is 2. The highest BCUT2D eigenvalue weighted by atomic mass is 15.2. The first-order valence-corrected chi connectivity index (χ1v) is 8.78. The molecular weight excluding hydrogens is 308 g/mol. The van der Waals surface area contributed by atoms with E-state index < -0.39 is 0 Å². The molecule has 0 bridgehead atoms. The van der Waals surface area contributed by atoms with Crippen LogP contribution in [0, 0.1) is 12.3 Å². The number of aromatic amines is 1. The van der Waals surface area contributed by atoms with Crippen LogP contribution in [0.5, 0.6) is 0 Å². The second-order valence-electron chi connectivity index (χ2n) is 6.73. The van der Waals surface area contributed by atoms with Crippen molar-refractivity contribution >= 4 is 16.6 Å². The van der Waals surface area contributed by atoms with Crippen molar-refractivity contribution in [3.63, 3.8) is 0 Å². The van der Waals surface area contributed by atoms with Gasteiger partial charge in [-0.1, -0.05) is 18.1 Å². The molecule has 0 aliphatic carbocycles. The Kier molecular flexibility index (Phi) is 4.41. The van der Waals surface area contributed by atoms with Crippen LogP contribution in [0.4, 0.5) is 5.69 Å². The predicted octanol–water partition coefficient (Wildman–Crippen LogP) is 3.62. The van der Waals surface area contributed by atoms with Gasteiger partial charge >= 0.3 is 0 Å². The lowest BCUT2D eigenvalue weighted by molar-refractivity contribution is 0.208. The van der Waals surface area contributed by atoms with Crippen LogP contribution < -0.4 is 5.32 Å². The minimum atomic E-state index is 0.475. The Bertz CT molecular complexity index is 888. The van der Waals surface area contributed by atoms with Gasteiger partial charge < -0.3 is 5.32 Å². The lowest BCUT2D eigenvalue weighted by Gasteiger charge is -2.33. The first-order valence-electron chi connectivity index (χ1n) is 8.78. The van der Waals surface area contributed by atoms with Gasteiger partial charge in [-0.15, -0.1) is 6.42 Å². The van der Waals surface area contributed by atoms with Crippen LogP contribution in [0.25, 0.3) is 10.9 Å². The van der Waals surface area contributed by atoms with Crippen LogP contribution in [0.3, 0.4) is 0 Å². The van der Waals surface area contributed by atoms with Gasteiger partial charge in [-0.2, -0.15) is 5.10 Å². The molecule has 1 aromatic heterocycles. The number of anilines is 1. The molecule has 1 fully saturated rings. The monoisotopic (exact) mass is 330 g/mol. The van der Waals surface area contributed by atoms with Gasteiger partial charge in [-0.25, -0.2) is 0 Å². The van der Waals surface area contributed by atoms with Crippen LogP contribution in [0.2, 0.25) is 0 Å². The van der Waals surface area contributed by atoms with Crippen molar-refractivity contribution in [2.75, 3.05) is 18.4 Å². The van der Waals surface area contributed by atoms with E-state index in [-0.39, 0.29) is 0 Å². The zero-order valence-electron chi connectivity index (χ0n) is 14.2. The number of terminal acetylenes is 1. The molecule has 0 saturated carbocycles. The molecule has 2 heterocycles. The number of likely N-dealkylation sites (tertiary alicyclic amines) is 1. The maximum Gasteiger partial charge on any atom is 0.0651 e. The Balaban J connectivity index is 1.39. The number of hydrogen-bond donors (Lipinski definition) is 2. The molecule has 1 aliphatic heterocycles. The zero-order chi connectivity index (χ0) is 17.1. The van der Waals surface area contributed by atoms with E-state index in [1.165, 1.54) is 24.1 Å². The molecule has 2 aromatic carbocycles. The summed E-state index contributed by atoms with van der Waals surface area (Å²) in [5.41, 5.74) is 4.50. The molecular formula is C21H22N4. The second kappa shape index (κ2) is 7.00. The molecule has 3 aromatic rings. The fourth-order valence-corrected chi connectivity index (χ4v) is 3.55. The summed E-state index contributed by atoms with van der Waals surface area (Å²) in [7, 11) is 0. The molecule has 0 unspecified atom stereocenters. The summed E-state index contributed by atoms with van der Waals surface area (Å²) in [6, 6.07) is 15.2. The minimum Gasteiger partial charge on any atom is -0.381 e. The normalized spacial score (nSPS) is 18.1. The molecule has 0 amide bonds. The quantitative estimate of drug-likeness (QED) is 0.718. The van der Waals surface area contributed by atoms with Crippen LogP contribution in [0.15, 0.2) is 48.7 Å². The third kappa shape index (κ3) is 3.67. The van der Waals surface area contributed by atoms with Gasteiger partial charge in [0, 0.05) is 35.8 Å². The van der Waals surface area contributed by atoms with Crippen LogP contribution in [-0.4, -0.2) is 34.2 Å². The fourth-order valence-electron chi connectivity index (χ4n) is 3.55. The molecule has 4 heteroatoms. The molecule has 0 spiro atoms. The molecule has 126 valence electrons. The lowest BCUT2D eigenvalue weighted by atomic mass is 10.0. The highest BCUT2D eigenvalue weighted by molar-refractivity contribution is 5.81. The van der Waals surface area contributed by atoms with Crippen molar-refractivity contribution in [3.8, 4) is 12.3 Å². The lowest BCUT2D eigenvalue weighted by Crippen LogP contribution is -2.41. The van der Waals surface area contributed by atoms with Gasteiger partial charge in [-0.3, -0.25) is 10.00 Å². The average molecular weight is 330 g/mol. The summed E-state index contributed by atoms with van der Waals surface area (Å²) in [5, 5.41) is 11.9. The van der Waals surface area contributed by atoms with Crippen molar-refractivity contribution in [2.24, 2.45) is 0 Å². The molecule has 1 atom stereocenters. The largest absolute Gasteiger partial charge is 0.381 e. The smallest absolute Gasteiger partial charge is 0.0651 e. The third-order valence-corrected chi connectivity index (χ3v) is 4.84. The Hall–Kier alpha value is -2.77. The van der Waals surface area contributed by atoms with E-state index >= 15 is 0 Å².